The van der Waals surface area contributed by atoms with Crippen LogP contribution in [0.25, 0.3) is 0 Å². The average Bonchev–Trinajstić information content (AvgIpc) is 3.03. The number of hydrogen-bond acceptors (Lipinski definition) is 2. The molecule has 2 nitrogen and oxygen atoms in total. The van der Waals surface area contributed by atoms with E-state index in [2.05, 4.69) is 42.3 Å². The van der Waals surface area contributed by atoms with E-state index >= 15 is 0 Å². The topological polar surface area (TPSA) is 21.6 Å². The number of ether oxygens (including phenoxy) is 1. The monoisotopic (exact) mass is 493 g/mol. The zero-order valence-electron chi connectivity index (χ0n) is 14.4. The maximum absolute atomic E-state index is 6.40. The van der Waals surface area contributed by atoms with Crippen LogP contribution in [0.3, 0.4) is 0 Å². The van der Waals surface area contributed by atoms with Gasteiger partial charge in [-0.15, -0.1) is 0 Å². The van der Waals surface area contributed by atoms with Crippen molar-refractivity contribution in [2.24, 2.45) is 22.7 Å². The van der Waals surface area contributed by atoms with Gasteiger partial charge in [0.15, 0.2) is 6.40 Å². The molecule has 0 aromatic rings. The summed E-state index contributed by atoms with van der Waals surface area (Å²) in [4.78, 5) is 4.79. The van der Waals surface area contributed by atoms with E-state index in [9.17, 15) is 0 Å². The van der Waals surface area contributed by atoms with Gasteiger partial charge >= 0.3 is 39.3 Å². The van der Waals surface area contributed by atoms with Crippen molar-refractivity contribution in [1.29, 1.82) is 0 Å². The molecule has 138 valence electrons. The van der Waals surface area contributed by atoms with Crippen molar-refractivity contribution in [1.82, 2.24) is 0 Å². The van der Waals surface area contributed by atoms with E-state index in [1.54, 1.807) is 0 Å². The molecule has 1 atom stereocenters. The molecule has 0 bridgehead atoms. The molecule has 0 saturated heterocycles. The molecule has 5 heteroatoms. The number of aliphatic imine (C=N–C) groups is 1. The molecule has 1 aliphatic heterocycles. The number of halogens is 2. The van der Waals surface area contributed by atoms with E-state index in [1.807, 2.05) is 6.40 Å². The quantitative estimate of drug-likeness (QED) is 0.401. The number of nitrogens with zero attached hydrogens (tertiary/aromatic N) is 1. The van der Waals surface area contributed by atoms with Gasteiger partial charge < -0.3 is 4.74 Å². The third-order valence-electron chi connectivity index (χ3n) is 6.06. The second-order valence-electron chi connectivity index (χ2n) is 7.63. The van der Waals surface area contributed by atoms with E-state index in [0.717, 1.165) is 11.8 Å². The Hall–Kier alpha value is 0.924. The average molecular weight is 496 g/mol. The van der Waals surface area contributed by atoms with Crippen LogP contribution in [0, 0.1) is 17.8 Å². The van der Waals surface area contributed by atoms with Crippen molar-refractivity contribution >= 4 is 34.9 Å². The van der Waals surface area contributed by atoms with Crippen molar-refractivity contribution in [3.8, 4) is 0 Å². The summed E-state index contributed by atoms with van der Waals surface area (Å²) in [6.45, 7) is 4.66. The van der Waals surface area contributed by atoms with Gasteiger partial charge in [0, 0.05) is 11.8 Å². The minimum atomic E-state index is 0.0506. The molecule has 0 unspecified atom stereocenters. The Morgan fingerprint density at radius 1 is 0.957 bits per heavy atom. The molecule has 2 fully saturated rings. The number of hydrogen-bond donors (Lipinski definition) is 0. The molecular formula is C18H31Br2NNiO. The Morgan fingerprint density at radius 2 is 1.39 bits per heavy atom. The summed E-state index contributed by atoms with van der Waals surface area (Å²) in [5, 5.41) is 0. The zero-order chi connectivity index (χ0) is 16.7. The first-order valence-corrected chi connectivity index (χ1v) is 14.1. The summed E-state index contributed by atoms with van der Waals surface area (Å²) in [5.74, 6) is 2.08. The van der Waals surface area contributed by atoms with Crippen LogP contribution in [0.2, 0.25) is 0 Å². The first kappa shape index (κ1) is 20.2. The molecule has 3 rings (SSSR count). The summed E-state index contributed by atoms with van der Waals surface area (Å²) in [6.07, 6.45) is 15.7. The Labute approximate surface area is 162 Å². The minimum absolute atomic E-state index is 0.0506. The predicted octanol–water partition coefficient (Wildman–Crippen LogP) is 6.66. The van der Waals surface area contributed by atoms with Gasteiger partial charge in [0.2, 0.25) is 0 Å². The second kappa shape index (κ2) is 10.2. The summed E-state index contributed by atoms with van der Waals surface area (Å²) in [6, 6.07) is 0.397. The summed E-state index contributed by atoms with van der Waals surface area (Å²) >= 11 is 6.00. The van der Waals surface area contributed by atoms with Crippen LogP contribution in [0.15, 0.2) is 4.99 Å². The summed E-state index contributed by atoms with van der Waals surface area (Å²) in [5.41, 5.74) is 0.0506. The van der Waals surface area contributed by atoms with Crippen molar-refractivity contribution in [3.63, 3.8) is 0 Å². The van der Waals surface area contributed by atoms with Gasteiger partial charge in [0.25, 0.3) is 0 Å². The fourth-order valence-electron chi connectivity index (χ4n) is 5.18. The molecule has 0 spiro atoms. The van der Waals surface area contributed by atoms with Gasteiger partial charge in [0.05, 0.1) is 6.04 Å². The van der Waals surface area contributed by atoms with Crippen LogP contribution in [-0.4, -0.2) is 18.0 Å². The first-order valence-electron chi connectivity index (χ1n) is 9.18. The molecular weight excluding hydrogens is 465 g/mol. The molecule has 0 radical (unpaired) electrons. The fourth-order valence-corrected chi connectivity index (χ4v) is 5.18. The Balaban J connectivity index is 0.000000595. The van der Waals surface area contributed by atoms with E-state index in [4.69, 9.17) is 9.73 Å². The normalized spacial score (nSPS) is 28.5. The third kappa shape index (κ3) is 4.76. The van der Waals surface area contributed by atoms with Crippen molar-refractivity contribution < 1.29 is 15.6 Å². The molecule has 2 aliphatic carbocycles. The van der Waals surface area contributed by atoms with Gasteiger partial charge in [-0.25, -0.2) is 0 Å². The molecule has 0 N–H and O–H groups in total. The summed E-state index contributed by atoms with van der Waals surface area (Å²) in [7, 11) is 1.25. The first-order chi connectivity index (χ1) is 11.2. The standard InChI is InChI=1S/C18H31NO.2BrH.Ni/c1-14(2)17-18(20-13-19-17,15-9-5-3-6-10-15)16-11-7-4-8-12-16;;;/h13-17H,3-12H2,1-2H3;2*1H;/q;;;+2/p-2/t17-;;;/m1.../s1. The summed E-state index contributed by atoms with van der Waals surface area (Å²) < 4.78 is 6.40. The van der Waals surface area contributed by atoms with Crippen LogP contribution in [0.4, 0.5) is 0 Å². The molecule has 2 saturated carbocycles. The van der Waals surface area contributed by atoms with E-state index < -0.39 is 0 Å². The zero-order valence-corrected chi connectivity index (χ0v) is 18.5. The maximum atomic E-state index is 6.40. The van der Waals surface area contributed by atoms with E-state index in [0.29, 0.717) is 12.0 Å². The Bertz CT molecular complexity index is 348. The van der Waals surface area contributed by atoms with Gasteiger partial charge in [-0.2, -0.15) is 0 Å². The van der Waals surface area contributed by atoms with Crippen LogP contribution in [0.1, 0.15) is 78.1 Å². The molecule has 3 aliphatic rings. The van der Waals surface area contributed by atoms with Crippen LogP contribution < -0.4 is 0 Å². The van der Waals surface area contributed by atoms with Crippen LogP contribution >= 0.6 is 28.5 Å². The van der Waals surface area contributed by atoms with Crippen LogP contribution in [0.5, 0.6) is 0 Å². The van der Waals surface area contributed by atoms with Gasteiger partial charge in [-0.1, -0.05) is 52.4 Å². The van der Waals surface area contributed by atoms with Crippen molar-refractivity contribution in [2.45, 2.75) is 89.7 Å². The van der Waals surface area contributed by atoms with Gasteiger partial charge in [-0.3, -0.25) is 4.99 Å². The second-order valence-corrected chi connectivity index (χ2v) is 12.6. The number of rotatable bonds is 3. The molecule has 0 amide bonds. The molecule has 1 heterocycles. The Morgan fingerprint density at radius 3 is 1.78 bits per heavy atom. The van der Waals surface area contributed by atoms with Gasteiger partial charge in [0.1, 0.15) is 5.60 Å². The van der Waals surface area contributed by atoms with E-state index in [-0.39, 0.29) is 5.60 Å². The van der Waals surface area contributed by atoms with Crippen molar-refractivity contribution in [3.05, 3.63) is 0 Å². The van der Waals surface area contributed by atoms with Crippen molar-refractivity contribution in [2.75, 3.05) is 0 Å². The van der Waals surface area contributed by atoms with E-state index in [1.165, 1.54) is 75.1 Å². The SMILES string of the molecule is CC(C)[C@H]1N=COC1(C1CCCCC1)C1CCCCC1.[Br][Ni][Br]. The molecule has 23 heavy (non-hydrogen) atoms. The fraction of sp³-hybridized carbons (Fsp3) is 0.944. The van der Waals surface area contributed by atoms with Crippen LogP contribution in [-0.2, 0) is 15.6 Å². The Kier molecular flexibility index (Phi) is 8.94. The molecule has 0 aromatic heterocycles. The van der Waals surface area contributed by atoms with Gasteiger partial charge in [-0.05, 0) is 31.6 Å². The molecule has 0 aromatic carbocycles. The third-order valence-corrected chi connectivity index (χ3v) is 6.06. The predicted molar refractivity (Wildman–Crippen MR) is 102 cm³/mol.